The van der Waals surface area contributed by atoms with Crippen LogP contribution in [0.15, 0.2) is 65.5 Å². The van der Waals surface area contributed by atoms with E-state index in [1.54, 1.807) is 30.5 Å². The van der Waals surface area contributed by atoms with E-state index < -0.39 is 5.97 Å². The van der Waals surface area contributed by atoms with Gasteiger partial charge in [-0.2, -0.15) is 15.0 Å². The fourth-order valence-corrected chi connectivity index (χ4v) is 2.97. The number of carbonyl (C=O) groups is 1. The van der Waals surface area contributed by atoms with Crippen LogP contribution in [0.2, 0.25) is 0 Å². The summed E-state index contributed by atoms with van der Waals surface area (Å²) in [5.41, 5.74) is 9.00. The Labute approximate surface area is 178 Å². The van der Waals surface area contributed by atoms with E-state index in [1.165, 1.54) is 6.39 Å². The van der Waals surface area contributed by atoms with E-state index >= 15 is 0 Å². The van der Waals surface area contributed by atoms with Gasteiger partial charge in [0.25, 0.3) is 0 Å². The Bertz CT molecular complexity index is 1180. The summed E-state index contributed by atoms with van der Waals surface area (Å²) in [6.07, 6.45) is 3.80. The Morgan fingerprint density at radius 2 is 1.90 bits per heavy atom. The molecule has 0 bridgehead atoms. The largest absolute Gasteiger partial charge is 0.454 e. The third-order valence-electron chi connectivity index (χ3n) is 4.51. The molecule has 0 aliphatic carbocycles. The van der Waals surface area contributed by atoms with Crippen LogP contribution in [-0.4, -0.2) is 25.9 Å². The SMILES string of the molecule is CCc1ccccc1Nc1nc(N)nc(COC(=O)c2ccc(-c3cnco3)cc2)n1. The number of hydrogen-bond acceptors (Lipinski definition) is 9. The van der Waals surface area contributed by atoms with Gasteiger partial charge in [0.2, 0.25) is 11.9 Å². The Hall–Kier alpha value is -4.27. The molecule has 2 aromatic heterocycles. The molecule has 0 amide bonds. The second-order valence-corrected chi connectivity index (χ2v) is 6.59. The molecule has 31 heavy (non-hydrogen) atoms. The lowest BCUT2D eigenvalue weighted by Crippen LogP contribution is -2.11. The van der Waals surface area contributed by atoms with Crippen LogP contribution in [0.3, 0.4) is 0 Å². The van der Waals surface area contributed by atoms with Crippen LogP contribution in [-0.2, 0) is 17.8 Å². The number of esters is 1. The van der Waals surface area contributed by atoms with Gasteiger partial charge in [-0.25, -0.2) is 9.78 Å². The molecule has 9 nitrogen and oxygen atoms in total. The predicted molar refractivity (Wildman–Crippen MR) is 114 cm³/mol. The lowest BCUT2D eigenvalue weighted by Gasteiger charge is -2.11. The molecule has 2 heterocycles. The fourth-order valence-electron chi connectivity index (χ4n) is 2.97. The van der Waals surface area contributed by atoms with Crippen molar-refractivity contribution in [3.05, 3.63) is 78.1 Å². The van der Waals surface area contributed by atoms with E-state index in [9.17, 15) is 4.79 Å². The quantitative estimate of drug-likeness (QED) is 0.432. The van der Waals surface area contributed by atoms with E-state index in [2.05, 4.69) is 32.2 Å². The number of oxazole rings is 1. The van der Waals surface area contributed by atoms with Gasteiger partial charge in [-0.1, -0.05) is 37.3 Å². The third-order valence-corrected chi connectivity index (χ3v) is 4.51. The van der Waals surface area contributed by atoms with Gasteiger partial charge in [-0.3, -0.25) is 0 Å². The van der Waals surface area contributed by atoms with E-state index in [0.29, 0.717) is 11.3 Å². The molecule has 0 atom stereocenters. The maximum atomic E-state index is 12.4. The summed E-state index contributed by atoms with van der Waals surface area (Å²) in [5.74, 6) is 0.680. The zero-order chi connectivity index (χ0) is 21.6. The maximum absolute atomic E-state index is 12.4. The van der Waals surface area contributed by atoms with Crippen molar-refractivity contribution in [2.75, 3.05) is 11.1 Å². The molecule has 0 saturated carbocycles. The molecule has 0 spiro atoms. The first-order valence-corrected chi connectivity index (χ1v) is 9.64. The van der Waals surface area contributed by atoms with Crippen molar-refractivity contribution >= 4 is 23.6 Å². The molecule has 156 valence electrons. The summed E-state index contributed by atoms with van der Waals surface area (Å²) in [7, 11) is 0. The zero-order valence-corrected chi connectivity index (χ0v) is 16.8. The summed E-state index contributed by atoms with van der Waals surface area (Å²) in [6, 6.07) is 14.6. The molecule has 2 aromatic carbocycles. The minimum Gasteiger partial charge on any atom is -0.454 e. The van der Waals surface area contributed by atoms with E-state index in [0.717, 1.165) is 23.2 Å². The van der Waals surface area contributed by atoms with Gasteiger partial charge in [0.1, 0.15) is 0 Å². The van der Waals surface area contributed by atoms with Crippen LogP contribution in [0.25, 0.3) is 11.3 Å². The first-order valence-electron chi connectivity index (χ1n) is 9.64. The standard InChI is InChI=1S/C22H20N6O3/c1-2-14-5-3-4-6-17(14)25-22-27-19(26-21(23)28-22)12-30-20(29)16-9-7-15(8-10-16)18-11-24-13-31-18/h3-11,13H,2,12H2,1H3,(H3,23,25,26,27,28). The molecule has 0 aliphatic heterocycles. The number of benzene rings is 2. The highest BCUT2D eigenvalue weighted by molar-refractivity contribution is 5.89. The second kappa shape index (κ2) is 9.04. The third kappa shape index (κ3) is 4.84. The fraction of sp³-hybridized carbons (Fsp3) is 0.136. The summed E-state index contributed by atoms with van der Waals surface area (Å²) in [5, 5.41) is 3.15. The molecule has 3 N–H and O–H groups in total. The average Bonchev–Trinajstić information content (AvgIpc) is 3.33. The molecule has 9 heteroatoms. The van der Waals surface area contributed by atoms with E-state index in [-0.39, 0.29) is 24.3 Å². The topological polar surface area (TPSA) is 129 Å². The molecule has 4 rings (SSSR count). The maximum Gasteiger partial charge on any atom is 0.338 e. The zero-order valence-electron chi connectivity index (χ0n) is 16.8. The Morgan fingerprint density at radius 1 is 1.10 bits per heavy atom. The summed E-state index contributed by atoms with van der Waals surface area (Å²) < 4.78 is 10.6. The highest BCUT2D eigenvalue weighted by atomic mass is 16.5. The number of aromatic nitrogens is 4. The number of nitrogens with two attached hydrogens (primary N) is 1. The molecule has 0 unspecified atom stereocenters. The number of hydrogen-bond donors (Lipinski definition) is 2. The Morgan fingerprint density at radius 3 is 2.65 bits per heavy atom. The van der Waals surface area contributed by atoms with Gasteiger partial charge in [0, 0.05) is 11.3 Å². The van der Waals surface area contributed by atoms with Gasteiger partial charge in [0.15, 0.2) is 24.6 Å². The molecule has 0 aliphatic rings. The number of aryl methyl sites for hydroxylation is 1. The van der Waals surface area contributed by atoms with Gasteiger partial charge in [-0.05, 0) is 30.2 Å². The molecule has 0 fully saturated rings. The van der Waals surface area contributed by atoms with Crippen molar-refractivity contribution in [3.8, 4) is 11.3 Å². The highest BCUT2D eigenvalue weighted by Gasteiger charge is 2.12. The minimum absolute atomic E-state index is 0.0361. The van der Waals surface area contributed by atoms with Gasteiger partial charge in [0.05, 0.1) is 11.8 Å². The normalized spacial score (nSPS) is 10.6. The van der Waals surface area contributed by atoms with Crippen LogP contribution in [0, 0.1) is 0 Å². The first kappa shape index (κ1) is 20.0. The molecule has 0 radical (unpaired) electrons. The number of anilines is 3. The van der Waals surface area contributed by atoms with Crippen molar-refractivity contribution in [1.82, 2.24) is 19.9 Å². The molecule has 4 aromatic rings. The van der Waals surface area contributed by atoms with Crippen LogP contribution in [0.4, 0.5) is 17.6 Å². The van der Waals surface area contributed by atoms with E-state index in [1.807, 2.05) is 24.3 Å². The number of carbonyl (C=O) groups excluding carboxylic acids is 1. The molecule has 0 saturated heterocycles. The Balaban J connectivity index is 1.43. The summed E-state index contributed by atoms with van der Waals surface area (Å²) in [4.78, 5) is 28.7. The minimum atomic E-state index is -0.506. The summed E-state index contributed by atoms with van der Waals surface area (Å²) in [6.45, 7) is 1.92. The van der Waals surface area contributed by atoms with E-state index in [4.69, 9.17) is 14.9 Å². The van der Waals surface area contributed by atoms with Crippen LogP contribution >= 0.6 is 0 Å². The summed E-state index contributed by atoms with van der Waals surface area (Å²) >= 11 is 0. The van der Waals surface area contributed by atoms with Crippen molar-refractivity contribution in [3.63, 3.8) is 0 Å². The lowest BCUT2D eigenvalue weighted by molar-refractivity contribution is 0.0462. The monoisotopic (exact) mass is 416 g/mol. The lowest BCUT2D eigenvalue weighted by atomic mass is 10.1. The van der Waals surface area contributed by atoms with Crippen LogP contribution in [0.1, 0.15) is 28.7 Å². The van der Waals surface area contributed by atoms with Crippen molar-refractivity contribution in [2.45, 2.75) is 20.0 Å². The van der Waals surface area contributed by atoms with Gasteiger partial charge in [-0.15, -0.1) is 0 Å². The van der Waals surface area contributed by atoms with Gasteiger partial charge >= 0.3 is 5.97 Å². The number of nitrogens with one attached hydrogen (secondary N) is 1. The predicted octanol–water partition coefficient (Wildman–Crippen LogP) is 3.77. The van der Waals surface area contributed by atoms with Crippen LogP contribution < -0.4 is 11.1 Å². The number of rotatable bonds is 7. The Kier molecular flexibility index (Phi) is 5.84. The number of nitrogens with zero attached hydrogens (tertiary/aromatic N) is 4. The van der Waals surface area contributed by atoms with Gasteiger partial charge < -0.3 is 20.2 Å². The van der Waals surface area contributed by atoms with Crippen molar-refractivity contribution in [1.29, 1.82) is 0 Å². The molecular weight excluding hydrogens is 396 g/mol. The second-order valence-electron chi connectivity index (χ2n) is 6.59. The smallest absolute Gasteiger partial charge is 0.338 e. The van der Waals surface area contributed by atoms with Crippen LogP contribution in [0.5, 0.6) is 0 Å². The molecular formula is C22H20N6O3. The number of para-hydroxylation sites is 1. The average molecular weight is 416 g/mol. The van der Waals surface area contributed by atoms with Crippen molar-refractivity contribution in [2.24, 2.45) is 0 Å². The number of nitrogen functional groups attached to an aromatic ring is 1. The highest BCUT2D eigenvalue weighted by Crippen LogP contribution is 2.21. The first-order chi connectivity index (χ1) is 15.1. The number of ether oxygens (including phenoxy) is 1. The van der Waals surface area contributed by atoms with Crippen molar-refractivity contribution < 1.29 is 13.9 Å².